The summed E-state index contributed by atoms with van der Waals surface area (Å²) >= 11 is 0. The van der Waals surface area contributed by atoms with Crippen LogP contribution in [0, 0.1) is 29.6 Å². The summed E-state index contributed by atoms with van der Waals surface area (Å²) in [4.78, 5) is 12.4. The molecule has 0 aromatic rings. The molecule has 0 radical (unpaired) electrons. The molecule has 2 N–H and O–H groups in total. The molecular formula is C16H27NO2. The van der Waals surface area contributed by atoms with Gasteiger partial charge in [0.25, 0.3) is 0 Å². The number of nitrogens with one attached hydrogen (secondary N) is 1. The number of rotatable bonds is 3. The van der Waals surface area contributed by atoms with Gasteiger partial charge >= 0.3 is 0 Å². The van der Waals surface area contributed by atoms with Gasteiger partial charge in [-0.3, -0.25) is 4.79 Å². The molecule has 0 aliphatic heterocycles. The predicted octanol–water partition coefficient (Wildman–Crippen LogP) is 2.34. The summed E-state index contributed by atoms with van der Waals surface area (Å²) in [6.45, 7) is 2.50. The fraction of sp³-hybridized carbons (Fsp3) is 0.938. The van der Waals surface area contributed by atoms with E-state index in [-0.39, 0.29) is 24.5 Å². The lowest BCUT2D eigenvalue weighted by atomic mass is 9.80. The fourth-order valence-electron chi connectivity index (χ4n) is 4.85. The summed E-state index contributed by atoms with van der Waals surface area (Å²) < 4.78 is 0. The highest BCUT2D eigenvalue weighted by Gasteiger charge is 2.48. The highest BCUT2D eigenvalue weighted by atomic mass is 16.3. The van der Waals surface area contributed by atoms with Crippen LogP contribution in [-0.4, -0.2) is 23.7 Å². The van der Waals surface area contributed by atoms with E-state index in [1.165, 1.54) is 32.1 Å². The maximum atomic E-state index is 12.4. The van der Waals surface area contributed by atoms with E-state index in [0.717, 1.165) is 12.8 Å². The number of carbonyl (C=O) groups excluding carboxylic acids is 1. The number of hydrogen-bond donors (Lipinski definition) is 2. The molecule has 3 fully saturated rings. The van der Waals surface area contributed by atoms with Crippen LogP contribution < -0.4 is 5.32 Å². The second-order valence-corrected chi connectivity index (χ2v) is 7.18. The molecule has 3 saturated carbocycles. The zero-order valence-electron chi connectivity index (χ0n) is 12.0. The standard InChI is InChI=1S/C16H27NO2/c1-10-3-2-4-13(7-10)16(19)17-15-12-6-5-11(8-12)14(15)9-18/h10-15,18H,2-9H2,1H3,(H,17,19). The normalized spacial score (nSPS) is 45.4. The zero-order valence-corrected chi connectivity index (χ0v) is 12.0. The Morgan fingerprint density at radius 2 is 1.95 bits per heavy atom. The summed E-state index contributed by atoms with van der Waals surface area (Å²) in [5.74, 6) is 2.80. The molecule has 0 heterocycles. The van der Waals surface area contributed by atoms with Crippen molar-refractivity contribution in [1.29, 1.82) is 0 Å². The lowest BCUT2D eigenvalue weighted by Gasteiger charge is -2.33. The minimum absolute atomic E-state index is 0.224. The maximum absolute atomic E-state index is 12.4. The molecule has 3 rings (SSSR count). The van der Waals surface area contributed by atoms with E-state index in [2.05, 4.69) is 12.2 Å². The van der Waals surface area contributed by atoms with Crippen LogP contribution in [0.4, 0.5) is 0 Å². The first-order chi connectivity index (χ1) is 9.19. The van der Waals surface area contributed by atoms with Crippen molar-refractivity contribution >= 4 is 5.91 Å². The smallest absolute Gasteiger partial charge is 0.223 e. The highest BCUT2D eigenvalue weighted by molar-refractivity contribution is 5.79. The minimum Gasteiger partial charge on any atom is -0.396 e. The Hall–Kier alpha value is -0.570. The quantitative estimate of drug-likeness (QED) is 0.823. The van der Waals surface area contributed by atoms with Crippen molar-refractivity contribution in [3.05, 3.63) is 0 Å². The Labute approximate surface area is 116 Å². The van der Waals surface area contributed by atoms with Crippen molar-refractivity contribution in [2.45, 2.75) is 57.9 Å². The van der Waals surface area contributed by atoms with Crippen LogP contribution in [0.3, 0.4) is 0 Å². The topological polar surface area (TPSA) is 49.3 Å². The zero-order chi connectivity index (χ0) is 13.4. The van der Waals surface area contributed by atoms with E-state index in [0.29, 0.717) is 23.7 Å². The van der Waals surface area contributed by atoms with Gasteiger partial charge in [0.15, 0.2) is 0 Å². The van der Waals surface area contributed by atoms with E-state index in [4.69, 9.17) is 0 Å². The summed E-state index contributed by atoms with van der Waals surface area (Å²) in [6.07, 6.45) is 8.29. The molecule has 3 aliphatic rings. The number of hydrogen-bond acceptors (Lipinski definition) is 2. The molecule has 0 saturated heterocycles. The molecular weight excluding hydrogens is 238 g/mol. The highest BCUT2D eigenvalue weighted by Crippen LogP contribution is 2.48. The van der Waals surface area contributed by atoms with Crippen LogP contribution in [0.1, 0.15) is 51.9 Å². The molecule has 6 unspecified atom stereocenters. The first-order valence-corrected chi connectivity index (χ1v) is 8.10. The summed E-state index contributed by atoms with van der Waals surface area (Å²) in [5.41, 5.74) is 0. The molecule has 0 aromatic carbocycles. The summed E-state index contributed by atoms with van der Waals surface area (Å²) in [6, 6.07) is 0.258. The summed E-state index contributed by atoms with van der Waals surface area (Å²) in [7, 11) is 0. The van der Waals surface area contributed by atoms with Crippen LogP contribution in [0.15, 0.2) is 0 Å². The molecule has 3 heteroatoms. The lowest BCUT2D eigenvalue weighted by molar-refractivity contribution is -0.128. The maximum Gasteiger partial charge on any atom is 0.223 e. The van der Waals surface area contributed by atoms with Crippen LogP contribution in [0.5, 0.6) is 0 Å². The number of aliphatic hydroxyl groups is 1. The van der Waals surface area contributed by atoms with E-state index >= 15 is 0 Å². The summed E-state index contributed by atoms with van der Waals surface area (Å²) in [5, 5.41) is 12.9. The Kier molecular flexibility index (Phi) is 3.84. The van der Waals surface area contributed by atoms with E-state index in [1.807, 2.05) is 0 Å². The van der Waals surface area contributed by atoms with Gasteiger partial charge < -0.3 is 10.4 Å². The number of amides is 1. The van der Waals surface area contributed by atoms with Crippen LogP contribution in [0.25, 0.3) is 0 Å². The second kappa shape index (κ2) is 5.43. The van der Waals surface area contributed by atoms with Gasteiger partial charge in [-0.05, 0) is 49.9 Å². The Morgan fingerprint density at radius 1 is 1.16 bits per heavy atom. The molecule has 1 amide bonds. The van der Waals surface area contributed by atoms with Gasteiger partial charge in [0.2, 0.25) is 5.91 Å². The van der Waals surface area contributed by atoms with Crippen molar-refractivity contribution in [2.75, 3.05) is 6.61 Å². The largest absolute Gasteiger partial charge is 0.396 e. The average molecular weight is 265 g/mol. The van der Waals surface area contributed by atoms with Crippen LogP contribution in [0.2, 0.25) is 0 Å². The molecule has 108 valence electrons. The van der Waals surface area contributed by atoms with Gasteiger partial charge in [-0.25, -0.2) is 0 Å². The van der Waals surface area contributed by atoms with Crippen molar-refractivity contribution in [3.8, 4) is 0 Å². The van der Waals surface area contributed by atoms with E-state index in [9.17, 15) is 9.90 Å². The van der Waals surface area contributed by atoms with E-state index < -0.39 is 0 Å². The van der Waals surface area contributed by atoms with Crippen LogP contribution >= 0.6 is 0 Å². The third kappa shape index (κ3) is 2.54. The molecule has 0 aromatic heterocycles. The molecule has 3 aliphatic carbocycles. The number of carbonyl (C=O) groups is 1. The SMILES string of the molecule is CC1CCCC(C(=O)NC2C3CCC(C3)C2CO)C1. The third-order valence-electron chi connectivity index (χ3n) is 5.92. The molecule has 19 heavy (non-hydrogen) atoms. The number of aliphatic hydroxyl groups excluding tert-OH is 1. The lowest BCUT2D eigenvalue weighted by Crippen LogP contribution is -2.47. The Morgan fingerprint density at radius 3 is 2.68 bits per heavy atom. The average Bonchev–Trinajstić information content (AvgIpc) is 2.99. The van der Waals surface area contributed by atoms with E-state index in [1.54, 1.807) is 0 Å². The van der Waals surface area contributed by atoms with Gasteiger partial charge in [0.1, 0.15) is 0 Å². The first kappa shape index (κ1) is 13.4. The minimum atomic E-state index is 0.224. The van der Waals surface area contributed by atoms with Gasteiger partial charge in [-0.1, -0.05) is 19.8 Å². The van der Waals surface area contributed by atoms with Crippen molar-refractivity contribution in [2.24, 2.45) is 29.6 Å². The third-order valence-corrected chi connectivity index (χ3v) is 5.92. The van der Waals surface area contributed by atoms with Gasteiger partial charge in [-0.15, -0.1) is 0 Å². The van der Waals surface area contributed by atoms with Crippen molar-refractivity contribution in [3.63, 3.8) is 0 Å². The Bertz CT molecular complexity index is 344. The van der Waals surface area contributed by atoms with Gasteiger partial charge in [-0.2, -0.15) is 0 Å². The molecule has 0 spiro atoms. The molecule has 3 nitrogen and oxygen atoms in total. The second-order valence-electron chi connectivity index (χ2n) is 7.18. The fourth-order valence-corrected chi connectivity index (χ4v) is 4.85. The number of fused-ring (bicyclic) bond motifs is 2. The van der Waals surface area contributed by atoms with Crippen molar-refractivity contribution < 1.29 is 9.90 Å². The van der Waals surface area contributed by atoms with Crippen LogP contribution in [-0.2, 0) is 4.79 Å². The monoisotopic (exact) mass is 265 g/mol. The Balaban J connectivity index is 1.59. The van der Waals surface area contributed by atoms with Gasteiger partial charge in [0.05, 0.1) is 0 Å². The molecule has 2 bridgehead atoms. The predicted molar refractivity (Wildman–Crippen MR) is 74.5 cm³/mol. The first-order valence-electron chi connectivity index (χ1n) is 8.10. The van der Waals surface area contributed by atoms with Gasteiger partial charge in [0, 0.05) is 24.5 Å². The van der Waals surface area contributed by atoms with Crippen molar-refractivity contribution in [1.82, 2.24) is 5.32 Å². The molecule has 6 atom stereocenters.